The van der Waals surface area contributed by atoms with Crippen LogP contribution in [-0.2, 0) is 0 Å². The van der Waals surface area contributed by atoms with E-state index < -0.39 is 16.7 Å². The maximum absolute atomic E-state index is 12.4. The molecule has 0 aliphatic rings. The fraction of sp³-hybridized carbons (Fsp3) is 0.0909. The van der Waals surface area contributed by atoms with Crippen LogP contribution in [0.4, 0.5) is 22.7 Å². The predicted molar refractivity (Wildman–Crippen MR) is 119 cm³/mol. The number of nitro groups is 1. The quantitative estimate of drug-likeness (QED) is 0.416. The van der Waals surface area contributed by atoms with E-state index in [1.807, 2.05) is 31.1 Å². The van der Waals surface area contributed by atoms with Crippen LogP contribution in [0.15, 0.2) is 72.8 Å². The van der Waals surface area contributed by atoms with Crippen molar-refractivity contribution in [2.24, 2.45) is 0 Å². The van der Waals surface area contributed by atoms with Crippen molar-refractivity contribution in [1.29, 1.82) is 0 Å². The molecule has 0 aliphatic heterocycles. The Kier molecular flexibility index (Phi) is 6.46. The molecule has 0 radical (unpaired) electrons. The molecule has 0 aromatic heterocycles. The molecule has 9 nitrogen and oxygen atoms in total. The van der Waals surface area contributed by atoms with Crippen molar-refractivity contribution >= 4 is 34.6 Å². The lowest BCUT2D eigenvalue weighted by Gasteiger charge is -2.14. The highest BCUT2D eigenvalue weighted by Gasteiger charge is 2.18. The van der Waals surface area contributed by atoms with Crippen LogP contribution < -0.4 is 21.1 Å². The Hall–Kier alpha value is -4.40. The first-order chi connectivity index (χ1) is 14.8. The molecule has 0 fully saturated rings. The standard InChI is InChI=1S/C22H21N5O4/c1-26(2)18-10-6-7-15(13-18)21(28)24-25-22(29)16-11-12-19(20(14-16)27(30)31)23-17-8-4-3-5-9-17/h3-14,23H,1-2H3,(H,24,28)(H,25,29). The number of rotatable bonds is 6. The summed E-state index contributed by atoms with van der Waals surface area (Å²) in [6, 6.07) is 19.9. The van der Waals surface area contributed by atoms with E-state index in [1.54, 1.807) is 42.5 Å². The van der Waals surface area contributed by atoms with Gasteiger partial charge >= 0.3 is 0 Å². The molecule has 0 atom stereocenters. The number of nitrogens with one attached hydrogen (secondary N) is 3. The van der Waals surface area contributed by atoms with Crippen LogP contribution in [0.3, 0.4) is 0 Å². The van der Waals surface area contributed by atoms with E-state index in [1.165, 1.54) is 12.1 Å². The summed E-state index contributed by atoms with van der Waals surface area (Å²) >= 11 is 0. The van der Waals surface area contributed by atoms with E-state index >= 15 is 0 Å². The molecule has 3 aromatic rings. The van der Waals surface area contributed by atoms with Gasteiger partial charge in [0.2, 0.25) is 0 Å². The smallest absolute Gasteiger partial charge is 0.293 e. The van der Waals surface area contributed by atoms with Gasteiger partial charge in [-0.15, -0.1) is 0 Å². The third-order valence-electron chi connectivity index (χ3n) is 4.42. The van der Waals surface area contributed by atoms with Gasteiger partial charge in [0.25, 0.3) is 17.5 Å². The molecule has 158 valence electrons. The molecule has 0 heterocycles. The molecule has 31 heavy (non-hydrogen) atoms. The molecule has 2 amide bonds. The topological polar surface area (TPSA) is 117 Å². The Labute approximate surface area is 178 Å². The molecular formula is C22H21N5O4. The van der Waals surface area contributed by atoms with Crippen LogP contribution in [0, 0.1) is 10.1 Å². The number of anilines is 3. The maximum Gasteiger partial charge on any atom is 0.293 e. The first kappa shape index (κ1) is 21.3. The molecule has 3 aromatic carbocycles. The van der Waals surface area contributed by atoms with Gasteiger partial charge < -0.3 is 10.2 Å². The highest BCUT2D eigenvalue weighted by atomic mass is 16.6. The van der Waals surface area contributed by atoms with Crippen LogP contribution in [0.2, 0.25) is 0 Å². The first-order valence-corrected chi connectivity index (χ1v) is 9.34. The van der Waals surface area contributed by atoms with Gasteiger partial charge in [0.1, 0.15) is 5.69 Å². The zero-order chi connectivity index (χ0) is 22.4. The van der Waals surface area contributed by atoms with E-state index in [4.69, 9.17) is 0 Å². The number of amides is 2. The normalized spacial score (nSPS) is 10.1. The SMILES string of the molecule is CN(C)c1cccc(C(=O)NNC(=O)c2ccc(Nc3ccccc3)c([N+](=O)[O-])c2)c1. The molecule has 0 saturated carbocycles. The number of hydrazine groups is 1. The van der Waals surface area contributed by atoms with Gasteiger partial charge in [0, 0.05) is 42.7 Å². The van der Waals surface area contributed by atoms with Crippen molar-refractivity contribution in [3.63, 3.8) is 0 Å². The van der Waals surface area contributed by atoms with Crippen molar-refractivity contribution < 1.29 is 14.5 Å². The average molecular weight is 419 g/mol. The largest absolute Gasteiger partial charge is 0.378 e. The van der Waals surface area contributed by atoms with Crippen molar-refractivity contribution in [2.75, 3.05) is 24.3 Å². The van der Waals surface area contributed by atoms with E-state index in [9.17, 15) is 19.7 Å². The van der Waals surface area contributed by atoms with Crippen LogP contribution in [0.5, 0.6) is 0 Å². The Morgan fingerprint density at radius 1 is 0.839 bits per heavy atom. The second-order valence-corrected chi connectivity index (χ2v) is 6.83. The minimum atomic E-state index is -0.675. The Morgan fingerprint density at radius 3 is 2.10 bits per heavy atom. The number of benzene rings is 3. The van der Waals surface area contributed by atoms with Crippen LogP contribution >= 0.6 is 0 Å². The van der Waals surface area contributed by atoms with Gasteiger partial charge in [-0.3, -0.25) is 30.6 Å². The first-order valence-electron chi connectivity index (χ1n) is 9.34. The Bertz CT molecular complexity index is 1120. The van der Waals surface area contributed by atoms with E-state index in [-0.39, 0.29) is 16.9 Å². The fourth-order valence-corrected chi connectivity index (χ4v) is 2.79. The third-order valence-corrected chi connectivity index (χ3v) is 4.42. The number of hydrogen-bond donors (Lipinski definition) is 3. The molecule has 3 N–H and O–H groups in total. The molecular weight excluding hydrogens is 398 g/mol. The summed E-state index contributed by atoms with van der Waals surface area (Å²) in [4.78, 5) is 37.5. The number of para-hydroxylation sites is 1. The molecule has 9 heteroatoms. The predicted octanol–water partition coefficient (Wildman–Crippen LogP) is 3.48. The summed E-state index contributed by atoms with van der Waals surface area (Å²) in [5, 5.41) is 14.4. The summed E-state index contributed by atoms with van der Waals surface area (Å²) in [6.45, 7) is 0. The highest BCUT2D eigenvalue weighted by molar-refractivity contribution is 6.00. The summed E-state index contributed by atoms with van der Waals surface area (Å²) in [7, 11) is 3.70. The van der Waals surface area contributed by atoms with Crippen molar-refractivity contribution in [3.8, 4) is 0 Å². The molecule has 0 bridgehead atoms. The second-order valence-electron chi connectivity index (χ2n) is 6.83. The lowest BCUT2D eigenvalue weighted by atomic mass is 10.1. The van der Waals surface area contributed by atoms with Crippen LogP contribution in [0.1, 0.15) is 20.7 Å². The van der Waals surface area contributed by atoms with E-state index in [2.05, 4.69) is 16.2 Å². The molecule has 3 rings (SSSR count). The third kappa shape index (κ3) is 5.36. The minimum absolute atomic E-state index is 0.0349. The fourth-order valence-electron chi connectivity index (χ4n) is 2.79. The summed E-state index contributed by atoms with van der Waals surface area (Å²) in [6.07, 6.45) is 0. The van der Waals surface area contributed by atoms with E-state index in [0.29, 0.717) is 11.3 Å². The van der Waals surface area contributed by atoms with Gasteiger partial charge in [0.15, 0.2) is 0 Å². The lowest BCUT2D eigenvalue weighted by Crippen LogP contribution is -2.41. The van der Waals surface area contributed by atoms with Gasteiger partial charge in [-0.05, 0) is 42.5 Å². The number of nitrogens with zero attached hydrogens (tertiary/aromatic N) is 2. The monoisotopic (exact) mass is 419 g/mol. The van der Waals surface area contributed by atoms with Gasteiger partial charge in [-0.2, -0.15) is 0 Å². The Balaban J connectivity index is 1.71. The van der Waals surface area contributed by atoms with Crippen molar-refractivity contribution in [2.45, 2.75) is 0 Å². The molecule has 0 spiro atoms. The van der Waals surface area contributed by atoms with Crippen molar-refractivity contribution in [1.82, 2.24) is 10.9 Å². The number of nitro benzene ring substituents is 1. The van der Waals surface area contributed by atoms with Crippen LogP contribution in [-0.4, -0.2) is 30.8 Å². The highest BCUT2D eigenvalue weighted by Crippen LogP contribution is 2.28. The number of carbonyl (C=O) groups is 2. The second kappa shape index (κ2) is 9.40. The van der Waals surface area contributed by atoms with Gasteiger partial charge in [-0.25, -0.2) is 0 Å². The van der Waals surface area contributed by atoms with Gasteiger partial charge in [-0.1, -0.05) is 24.3 Å². The summed E-state index contributed by atoms with van der Waals surface area (Å²) < 4.78 is 0. The minimum Gasteiger partial charge on any atom is -0.378 e. The molecule has 0 unspecified atom stereocenters. The lowest BCUT2D eigenvalue weighted by molar-refractivity contribution is -0.383. The summed E-state index contributed by atoms with van der Waals surface area (Å²) in [5.41, 5.74) is 6.50. The zero-order valence-corrected chi connectivity index (χ0v) is 17.0. The summed E-state index contributed by atoms with van der Waals surface area (Å²) in [5.74, 6) is -1.18. The molecule has 0 aliphatic carbocycles. The maximum atomic E-state index is 12.4. The number of carbonyl (C=O) groups excluding carboxylic acids is 2. The van der Waals surface area contributed by atoms with E-state index in [0.717, 1.165) is 11.8 Å². The van der Waals surface area contributed by atoms with Crippen molar-refractivity contribution in [3.05, 3.63) is 94.0 Å². The average Bonchev–Trinajstić information content (AvgIpc) is 2.78. The van der Waals surface area contributed by atoms with Crippen LogP contribution in [0.25, 0.3) is 0 Å². The number of hydrogen-bond acceptors (Lipinski definition) is 6. The molecule has 0 saturated heterocycles. The Morgan fingerprint density at radius 2 is 1.48 bits per heavy atom. The zero-order valence-electron chi connectivity index (χ0n) is 17.0. The van der Waals surface area contributed by atoms with Gasteiger partial charge in [0.05, 0.1) is 4.92 Å².